The van der Waals surface area contributed by atoms with Gasteiger partial charge in [0.15, 0.2) is 23.0 Å². The van der Waals surface area contributed by atoms with Crippen LogP contribution in [-0.2, 0) is 16.0 Å². The molecule has 0 atom stereocenters. The number of nitrogens with one attached hydrogen (secondary N) is 1. The zero-order valence-electron chi connectivity index (χ0n) is 19.4. The Morgan fingerprint density at radius 2 is 1.83 bits per heavy atom. The van der Waals surface area contributed by atoms with Gasteiger partial charge in [-0.3, -0.25) is 14.5 Å². The number of benzene rings is 3. The van der Waals surface area contributed by atoms with Crippen molar-refractivity contribution in [1.29, 1.82) is 0 Å². The number of methoxy groups -OCH3 is 2. The number of anilines is 1. The lowest BCUT2D eigenvalue weighted by Gasteiger charge is -2.30. The van der Waals surface area contributed by atoms with Crippen molar-refractivity contribution < 1.29 is 23.8 Å². The van der Waals surface area contributed by atoms with Crippen LogP contribution in [0, 0.1) is 0 Å². The third-order valence-electron chi connectivity index (χ3n) is 5.46. The van der Waals surface area contributed by atoms with E-state index in [2.05, 4.69) is 21.2 Å². The summed E-state index contributed by atoms with van der Waals surface area (Å²) in [6, 6.07) is 20.3. The summed E-state index contributed by atoms with van der Waals surface area (Å²) >= 11 is 3.44. The SMILES string of the molecule is COc1ccc(CCNC(=O)CN2C(=O)C(=Cc3cccc(Br)c3)Oc3ccccc32)cc1OC. The molecular formula is C27H25BrN2O5. The predicted molar refractivity (Wildman–Crippen MR) is 138 cm³/mol. The van der Waals surface area contributed by atoms with Crippen LogP contribution in [0.2, 0.25) is 0 Å². The second-order valence-corrected chi connectivity index (χ2v) is 8.73. The van der Waals surface area contributed by atoms with E-state index < -0.39 is 0 Å². The van der Waals surface area contributed by atoms with Gasteiger partial charge < -0.3 is 19.5 Å². The van der Waals surface area contributed by atoms with Crippen molar-refractivity contribution in [3.05, 3.63) is 88.1 Å². The molecule has 4 rings (SSSR count). The van der Waals surface area contributed by atoms with Gasteiger partial charge in [0.2, 0.25) is 5.91 Å². The molecule has 1 aliphatic heterocycles. The molecule has 0 aliphatic carbocycles. The summed E-state index contributed by atoms with van der Waals surface area (Å²) in [5, 5.41) is 2.90. The van der Waals surface area contributed by atoms with Crippen molar-refractivity contribution in [3.8, 4) is 17.2 Å². The molecule has 0 aromatic heterocycles. The second kappa shape index (κ2) is 11.1. The van der Waals surface area contributed by atoms with Gasteiger partial charge in [-0.05, 0) is 60.0 Å². The number of ether oxygens (including phenoxy) is 3. The van der Waals surface area contributed by atoms with Gasteiger partial charge in [0, 0.05) is 11.0 Å². The summed E-state index contributed by atoms with van der Waals surface area (Å²) in [4.78, 5) is 27.5. The summed E-state index contributed by atoms with van der Waals surface area (Å²) < 4.78 is 17.4. The minimum atomic E-state index is -0.376. The summed E-state index contributed by atoms with van der Waals surface area (Å²) in [6.45, 7) is 0.288. The van der Waals surface area contributed by atoms with Crippen molar-refractivity contribution in [3.63, 3.8) is 0 Å². The average Bonchev–Trinajstić information content (AvgIpc) is 2.86. The second-order valence-electron chi connectivity index (χ2n) is 7.81. The van der Waals surface area contributed by atoms with Crippen molar-refractivity contribution in [2.45, 2.75) is 6.42 Å². The van der Waals surface area contributed by atoms with Gasteiger partial charge in [-0.25, -0.2) is 0 Å². The van der Waals surface area contributed by atoms with Crippen LogP contribution in [0.1, 0.15) is 11.1 Å². The fraction of sp³-hybridized carbons (Fsp3) is 0.185. The van der Waals surface area contributed by atoms with Gasteiger partial charge in [0.05, 0.1) is 19.9 Å². The van der Waals surface area contributed by atoms with E-state index in [4.69, 9.17) is 14.2 Å². The fourth-order valence-corrected chi connectivity index (χ4v) is 4.17. The quantitative estimate of drug-likeness (QED) is 0.426. The molecule has 0 bridgehead atoms. The number of hydrogen-bond donors (Lipinski definition) is 1. The first kappa shape index (κ1) is 24.3. The number of fused-ring (bicyclic) bond motifs is 1. The monoisotopic (exact) mass is 536 g/mol. The average molecular weight is 537 g/mol. The molecule has 8 heteroatoms. The Kier molecular flexibility index (Phi) is 7.72. The van der Waals surface area contributed by atoms with Gasteiger partial charge in [-0.15, -0.1) is 0 Å². The van der Waals surface area contributed by atoms with E-state index in [9.17, 15) is 9.59 Å². The van der Waals surface area contributed by atoms with Crippen LogP contribution in [0.15, 0.2) is 77.0 Å². The largest absolute Gasteiger partial charge is 0.493 e. The standard InChI is InChI=1S/C27H25BrN2O5/c1-33-23-11-10-18(15-24(23)34-2)12-13-29-26(31)17-30-21-8-3-4-9-22(21)35-25(27(30)32)16-19-6-5-7-20(28)14-19/h3-11,14-16H,12-13,17H2,1-2H3,(H,29,31). The minimum absolute atomic E-state index is 0.124. The lowest BCUT2D eigenvalue weighted by atomic mass is 10.1. The maximum absolute atomic E-state index is 13.3. The molecule has 0 saturated heterocycles. The number of nitrogens with zero attached hydrogens (tertiary/aromatic N) is 1. The molecule has 35 heavy (non-hydrogen) atoms. The van der Waals surface area contributed by atoms with Gasteiger partial charge >= 0.3 is 0 Å². The molecular weight excluding hydrogens is 512 g/mol. The van der Waals surface area contributed by atoms with Crippen LogP contribution >= 0.6 is 15.9 Å². The number of carbonyl (C=O) groups excluding carboxylic acids is 2. The molecule has 1 N–H and O–H groups in total. The highest BCUT2D eigenvalue weighted by Gasteiger charge is 2.31. The molecule has 0 spiro atoms. The highest BCUT2D eigenvalue weighted by molar-refractivity contribution is 9.10. The number of halogens is 1. The van der Waals surface area contributed by atoms with E-state index in [-0.39, 0.29) is 24.1 Å². The summed E-state index contributed by atoms with van der Waals surface area (Å²) in [7, 11) is 3.17. The van der Waals surface area contributed by atoms with E-state index in [1.165, 1.54) is 4.90 Å². The Bertz CT molecular complexity index is 1270. The van der Waals surface area contributed by atoms with Crippen LogP contribution in [-0.4, -0.2) is 39.1 Å². The molecule has 1 heterocycles. The molecule has 3 aromatic rings. The lowest BCUT2D eigenvalue weighted by Crippen LogP contribution is -2.44. The van der Waals surface area contributed by atoms with Crippen LogP contribution in [0.3, 0.4) is 0 Å². The molecule has 180 valence electrons. The summed E-state index contributed by atoms with van der Waals surface area (Å²) in [6.07, 6.45) is 2.28. The topological polar surface area (TPSA) is 77.1 Å². The first-order chi connectivity index (χ1) is 17.0. The van der Waals surface area contributed by atoms with Gasteiger partial charge in [-0.2, -0.15) is 0 Å². The van der Waals surface area contributed by atoms with E-state index >= 15 is 0 Å². The summed E-state index contributed by atoms with van der Waals surface area (Å²) in [5.74, 6) is 1.32. The number of hydrogen-bond acceptors (Lipinski definition) is 5. The molecule has 0 fully saturated rings. The van der Waals surface area contributed by atoms with Gasteiger partial charge in [0.25, 0.3) is 5.91 Å². The maximum atomic E-state index is 13.3. The number of amides is 2. The van der Waals surface area contributed by atoms with E-state index in [0.717, 1.165) is 15.6 Å². The molecule has 0 saturated carbocycles. The molecule has 0 unspecified atom stereocenters. The zero-order valence-corrected chi connectivity index (χ0v) is 21.0. The molecule has 0 radical (unpaired) electrons. The van der Waals surface area contributed by atoms with Crippen molar-refractivity contribution in [1.82, 2.24) is 5.32 Å². The van der Waals surface area contributed by atoms with Crippen molar-refractivity contribution in [2.24, 2.45) is 0 Å². The number of rotatable bonds is 8. The molecule has 7 nitrogen and oxygen atoms in total. The van der Waals surface area contributed by atoms with E-state index in [1.807, 2.05) is 48.5 Å². The van der Waals surface area contributed by atoms with Crippen molar-refractivity contribution >= 4 is 39.5 Å². The van der Waals surface area contributed by atoms with Crippen LogP contribution in [0.25, 0.3) is 6.08 Å². The fourth-order valence-electron chi connectivity index (χ4n) is 3.75. The summed E-state index contributed by atoms with van der Waals surface area (Å²) in [5.41, 5.74) is 2.36. The Labute approximate surface area is 212 Å². The normalized spacial score (nSPS) is 13.7. The number of para-hydroxylation sites is 2. The third kappa shape index (κ3) is 5.84. The lowest BCUT2D eigenvalue weighted by molar-refractivity contribution is -0.123. The highest BCUT2D eigenvalue weighted by Crippen LogP contribution is 2.35. The Morgan fingerprint density at radius 1 is 1.03 bits per heavy atom. The minimum Gasteiger partial charge on any atom is -0.493 e. The first-order valence-electron chi connectivity index (χ1n) is 11.0. The third-order valence-corrected chi connectivity index (χ3v) is 5.96. The molecule has 1 aliphatic rings. The first-order valence-corrected chi connectivity index (χ1v) is 11.8. The van der Waals surface area contributed by atoms with Gasteiger partial charge in [0.1, 0.15) is 6.54 Å². The van der Waals surface area contributed by atoms with Crippen LogP contribution in [0.5, 0.6) is 17.2 Å². The molecule has 3 aromatic carbocycles. The maximum Gasteiger partial charge on any atom is 0.294 e. The van der Waals surface area contributed by atoms with Crippen LogP contribution in [0.4, 0.5) is 5.69 Å². The Morgan fingerprint density at radius 3 is 2.60 bits per heavy atom. The Hall–Kier alpha value is -3.78. The number of carbonyl (C=O) groups is 2. The van der Waals surface area contributed by atoms with E-state index in [1.54, 1.807) is 38.5 Å². The van der Waals surface area contributed by atoms with E-state index in [0.29, 0.717) is 35.9 Å². The Balaban J connectivity index is 1.45. The predicted octanol–water partition coefficient (Wildman–Crippen LogP) is 4.59. The zero-order chi connectivity index (χ0) is 24.8. The smallest absolute Gasteiger partial charge is 0.294 e. The molecule has 2 amide bonds. The highest BCUT2D eigenvalue weighted by atomic mass is 79.9. The van der Waals surface area contributed by atoms with Crippen molar-refractivity contribution in [2.75, 3.05) is 32.2 Å². The van der Waals surface area contributed by atoms with Gasteiger partial charge in [-0.1, -0.05) is 46.3 Å². The van der Waals surface area contributed by atoms with Crippen LogP contribution < -0.4 is 24.4 Å².